The number of aliphatic hydroxyl groups excluding tert-OH is 1. The van der Waals surface area contributed by atoms with Crippen LogP contribution in [0.3, 0.4) is 0 Å². The number of hydrogen-bond acceptors (Lipinski definition) is 1. The van der Waals surface area contributed by atoms with E-state index in [0.29, 0.717) is 5.92 Å². The van der Waals surface area contributed by atoms with Crippen LogP contribution in [-0.2, 0) is 6.42 Å². The van der Waals surface area contributed by atoms with Gasteiger partial charge in [-0.25, -0.2) is 0 Å². The van der Waals surface area contributed by atoms with E-state index in [2.05, 4.69) is 49.4 Å². The number of aliphatic hydroxyl groups is 1. The second-order valence-corrected chi connectivity index (χ2v) is 6.30. The lowest BCUT2D eigenvalue weighted by Gasteiger charge is -2.29. The molecule has 110 valence electrons. The standard InChI is InChI=1S/C20H24O/c1-15-6-4-7-16(14-15)12-13-20(21)19-11-3-2-10-18(19)17-8-5-9-17/h2-4,6-7,10-11,14,17,20-21H,5,8-9,12-13H2,1H3. The van der Waals surface area contributed by atoms with Gasteiger partial charge in [-0.1, -0.05) is 60.5 Å². The van der Waals surface area contributed by atoms with Gasteiger partial charge in [0, 0.05) is 0 Å². The first-order chi connectivity index (χ1) is 10.2. The SMILES string of the molecule is Cc1cccc(CCC(O)c2ccccc2C2CCC2)c1. The van der Waals surface area contributed by atoms with Gasteiger partial charge in [0.15, 0.2) is 0 Å². The summed E-state index contributed by atoms with van der Waals surface area (Å²) in [6.45, 7) is 2.12. The zero-order valence-corrected chi connectivity index (χ0v) is 12.8. The lowest BCUT2D eigenvalue weighted by atomic mass is 9.77. The van der Waals surface area contributed by atoms with Gasteiger partial charge >= 0.3 is 0 Å². The summed E-state index contributed by atoms with van der Waals surface area (Å²) in [6, 6.07) is 17.0. The summed E-state index contributed by atoms with van der Waals surface area (Å²) in [5.74, 6) is 0.676. The van der Waals surface area contributed by atoms with Crippen LogP contribution in [0, 0.1) is 6.92 Å². The summed E-state index contributed by atoms with van der Waals surface area (Å²) >= 11 is 0. The van der Waals surface area contributed by atoms with Crippen LogP contribution in [0.25, 0.3) is 0 Å². The lowest BCUT2D eigenvalue weighted by Crippen LogP contribution is -2.13. The minimum atomic E-state index is -0.345. The zero-order chi connectivity index (χ0) is 14.7. The average Bonchev–Trinajstić information content (AvgIpc) is 2.44. The highest BCUT2D eigenvalue weighted by Gasteiger charge is 2.24. The Kier molecular flexibility index (Phi) is 4.40. The largest absolute Gasteiger partial charge is 0.388 e. The zero-order valence-electron chi connectivity index (χ0n) is 12.8. The van der Waals surface area contributed by atoms with Crippen LogP contribution >= 0.6 is 0 Å². The van der Waals surface area contributed by atoms with Gasteiger partial charge in [-0.15, -0.1) is 0 Å². The molecule has 1 heteroatoms. The minimum Gasteiger partial charge on any atom is -0.388 e. The fourth-order valence-electron chi connectivity index (χ4n) is 3.23. The van der Waals surface area contributed by atoms with Crippen molar-refractivity contribution in [2.45, 2.75) is 51.0 Å². The normalized spacial score (nSPS) is 16.5. The van der Waals surface area contributed by atoms with Crippen molar-refractivity contribution in [2.24, 2.45) is 0 Å². The highest BCUT2D eigenvalue weighted by atomic mass is 16.3. The fourth-order valence-corrected chi connectivity index (χ4v) is 3.23. The molecule has 1 aliphatic carbocycles. The molecule has 0 spiro atoms. The Labute approximate surface area is 127 Å². The molecule has 1 aliphatic rings. The van der Waals surface area contributed by atoms with Crippen LogP contribution in [0.5, 0.6) is 0 Å². The summed E-state index contributed by atoms with van der Waals surface area (Å²) < 4.78 is 0. The number of benzene rings is 2. The fraction of sp³-hybridized carbons (Fsp3) is 0.400. The molecule has 0 bridgehead atoms. The molecule has 1 nitrogen and oxygen atoms in total. The summed E-state index contributed by atoms with van der Waals surface area (Å²) in [7, 11) is 0. The highest BCUT2D eigenvalue weighted by Crippen LogP contribution is 2.40. The molecule has 1 atom stereocenters. The summed E-state index contributed by atoms with van der Waals surface area (Å²) in [5, 5.41) is 10.6. The van der Waals surface area contributed by atoms with E-state index in [1.807, 2.05) is 6.07 Å². The van der Waals surface area contributed by atoms with Gasteiger partial charge in [-0.3, -0.25) is 0 Å². The van der Waals surface area contributed by atoms with E-state index in [9.17, 15) is 5.11 Å². The van der Waals surface area contributed by atoms with Gasteiger partial charge in [0.25, 0.3) is 0 Å². The Hall–Kier alpha value is -1.60. The van der Waals surface area contributed by atoms with E-state index in [4.69, 9.17) is 0 Å². The van der Waals surface area contributed by atoms with Gasteiger partial charge in [0.05, 0.1) is 6.10 Å². The molecule has 2 aromatic rings. The molecule has 1 saturated carbocycles. The van der Waals surface area contributed by atoms with Crippen molar-refractivity contribution in [3.8, 4) is 0 Å². The molecule has 2 aromatic carbocycles. The monoisotopic (exact) mass is 280 g/mol. The van der Waals surface area contributed by atoms with E-state index >= 15 is 0 Å². The van der Waals surface area contributed by atoms with Crippen LogP contribution in [0.1, 0.15) is 60.0 Å². The predicted octanol–water partition coefficient (Wildman–Crippen LogP) is 4.93. The third-order valence-electron chi connectivity index (χ3n) is 4.69. The van der Waals surface area contributed by atoms with Gasteiger partial charge in [-0.2, -0.15) is 0 Å². The number of hydrogen-bond donors (Lipinski definition) is 1. The maximum absolute atomic E-state index is 10.6. The van der Waals surface area contributed by atoms with Crippen molar-refractivity contribution < 1.29 is 5.11 Å². The van der Waals surface area contributed by atoms with E-state index in [1.54, 1.807) is 0 Å². The molecule has 0 amide bonds. The van der Waals surface area contributed by atoms with Crippen LogP contribution in [0.2, 0.25) is 0 Å². The second kappa shape index (κ2) is 6.44. The second-order valence-electron chi connectivity index (χ2n) is 6.30. The average molecular weight is 280 g/mol. The van der Waals surface area contributed by atoms with Crippen LogP contribution in [0.4, 0.5) is 0 Å². The van der Waals surface area contributed by atoms with Gasteiger partial charge < -0.3 is 5.11 Å². The first kappa shape index (κ1) is 14.3. The van der Waals surface area contributed by atoms with Crippen molar-refractivity contribution in [1.82, 2.24) is 0 Å². The van der Waals surface area contributed by atoms with Crippen LogP contribution in [0.15, 0.2) is 48.5 Å². The lowest BCUT2D eigenvalue weighted by molar-refractivity contribution is 0.165. The molecular formula is C20H24O. The van der Waals surface area contributed by atoms with E-state index in [1.165, 1.54) is 36.0 Å². The minimum absolute atomic E-state index is 0.345. The molecule has 1 fully saturated rings. The van der Waals surface area contributed by atoms with Gasteiger partial charge in [0.2, 0.25) is 0 Å². The van der Waals surface area contributed by atoms with Crippen LogP contribution < -0.4 is 0 Å². The maximum Gasteiger partial charge on any atom is 0.0796 e. The Morgan fingerprint density at radius 2 is 1.90 bits per heavy atom. The predicted molar refractivity (Wildman–Crippen MR) is 87.5 cm³/mol. The molecule has 0 aliphatic heterocycles. The quantitative estimate of drug-likeness (QED) is 0.823. The number of aryl methyl sites for hydroxylation is 2. The molecule has 0 saturated heterocycles. The van der Waals surface area contributed by atoms with Crippen molar-refractivity contribution in [3.05, 3.63) is 70.8 Å². The summed E-state index contributed by atoms with van der Waals surface area (Å²) in [6.07, 6.45) is 5.28. The summed E-state index contributed by atoms with van der Waals surface area (Å²) in [4.78, 5) is 0. The van der Waals surface area contributed by atoms with E-state index < -0.39 is 0 Å². The highest BCUT2D eigenvalue weighted by molar-refractivity contribution is 5.33. The Balaban J connectivity index is 1.69. The Morgan fingerprint density at radius 1 is 1.10 bits per heavy atom. The molecule has 3 rings (SSSR count). The van der Waals surface area contributed by atoms with Crippen molar-refractivity contribution in [2.75, 3.05) is 0 Å². The van der Waals surface area contributed by atoms with Gasteiger partial charge in [0.1, 0.15) is 0 Å². The van der Waals surface area contributed by atoms with E-state index in [0.717, 1.165) is 18.4 Å². The Morgan fingerprint density at radius 3 is 2.62 bits per heavy atom. The third kappa shape index (κ3) is 3.36. The Bertz CT molecular complexity index is 598. The first-order valence-corrected chi connectivity index (χ1v) is 8.06. The topological polar surface area (TPSA) is 20.2 Å². The smallest absolute Gasteiger partial charge is 0.0796 e. The van der Waals surface area contributed by atoms with Gasteiger partial charge in [-0.05, 0) is 55.2 Å². The molecule has 0 heterocycles. The molecule has 0 radical (unpaired) electrons. The number of rotatable bonds is 5. The van der Waals surface area contributed by atoms with Crippen molar-refractivity contribution >= 4 is 0 Å². The third-order valence-corrected chi connectivity index (χ3v) is 4.69. The molecule has 1 unspecified atom stereocenters. The molecule has 0 aromatic heterocycles. The molecular weight excluding hydrogens is 256 g/mol. The summed E-state index contributed by atoms with van der Waals surface area (Å²) in [5.41, 5.74) is 5.13. The first-order valence-electron chi connectivity index (χ1n) is 8.06. The maximum atomic E-state index is 10.6. The van der Waals surface area contributed by atoms with Crippen LogP contribution in [-0.4, -0.2) is 5.11 Å². The molecule has 1 N–H and O–H groups in total. The van der Waals surface area contributed by atoms with Crippen molar-refractivity contribution in [1.29, 1.82) is 0 Å². The van der Waals surface area contributed by atoms with Crippen molar-refractivity contribution in [3.63, 3.8) is 0 Å². The molecule has 21 heavy (non-hydrogen) atoms. The van der Waals surface area contributed by atoms with E-state index in [-0.39, 0.29) is 6.10 Å².